The van der Waals surface area contributed by atoms with Crippen molar-refractivity contribution in [3.8, 4) is 0 Å². The number of aliphatic imine (C=N–C) groups is 2. The van der Waals surface area contributed by atoms with Crippen LogP contribution in [0.2, 0.25) is 0 Å². The number of ether oxygens (including phenoxy) is 1. The standard InChI is InChI=1S/C26H29N5O3S/c1-4-30(5-2)26-28-23-19-8-6-7-9-20(19)25(32)22(24(23)29-26)21-16-18(11-10-17(21)3)35(27,33)31-12-14-34-15-13-31/h6-11,16,27H,4-5,12-15H2,1-3H3. The number of ketones is 1. The molecule has 1 fully saturated rings. The fourth-order valence-corrected chi connectivity index (χ4v) is 6.21. The van der Waals surface area contributed by atoms with E-state index in [2.05, 4.69) is 4.90 Å². The second-order valence-corrected chi connectivity index (χ2v) is 10.7. The zero-order valence-corrected chi connectivity index (χ0v) is 21.0. The number of nitrogens with one attached hydrogen (secondary N) is 1. The third kappa shape index (κ3) is 3.93. The number of rotatable bonds is 5. The Bertz CT molecular complexity index is 1400. The Morgan fingerprint density at radius 2 is 1.71 bits per heavy atom. The largest absolute Gasteiger partial charge is 0.379 e. The highest BCUT2D eigenvalue weighted by Gasteiger charge is 2.36. The smallest absolute Gasteiger partial charge is 0.226 e. The van der Waals surface area contributed by atoms with E-state index in [4.69, 9.17) is 19.5 Å². The molecule has 0 saturated carbocycles. The number of hydrogen-bond donors (Lipinski definition) is 1. The summed E-state index contributed by atoms with van der Waals surface area (Å²) in [5.41, 5.74) is 4.51. The first kappa shape index (κ1) is 23.6. The molecule has 3 aliphatic rings. The molecule has 5 rings (SSSR count). The lowest BCUT2D eigenvalue weighted by atomic mass is 9.83. The molecule has 1 atom stereocenters. The van der Waals surface area contributed by atoms with Crippen molar-refractivity contribution in [3.63, 3.8) is 0 Å². The van der Waals surface area contributed by atoms with Gasteiger partial charge in [0, 0.05) is 37.3 Å². The van der Waals surface area contributed by atoms with E-state index in [0.29, 0.717) is 65.3 Å². The van der Waals surface area contributed by atoms with Crippen molar-refractivity contribution in [1.82, 2.24) is 9.21 Å². The molecule has 2 aliphatic heterocycles. The van der Waals surface area contributed by atoms with E-state index >= 15 is 0 Å². The predicted octanol–water partition coefficient (Wildman–Crippen LogP) is 3.76. The molecule has 0 spiro atoms. The quantitative estimate of drug-likeness (QED) is 0.689. The van der Waals surface area contributed by atoms with Gasteiger partial charge in [0.1, 0.15) is 21.3 Å². The summed E-state index contributed by atoms with van der Waals surface area (Å²) in [5, 5.41) is 0. The molecule has 35 heavy (non-hydrogen) atoms. The van der Waals surface area contributed by atoms with Gasteiger partial charge < -0.3 is 9.64 Å². The van der Waals surface area contributed by atoms with Crippen molar-refractivity contribution in [2.75, 3.05) is 39.4 Å². The van der Waals surface area contributed by atoms with Crippen LogP contribution in [0, 0.1) is 11.7 Å². The highest BCUT2D eigenvalue weighted by atomic mass is 32.2. The van der Waals surface area contributed by atoms with Gasteiger partial charge in [0.15, 0.2) is 5.78 Å². The summed E-state index contributed by atoms with van der Waals surface area (Å²) in [6.45, 7) is 9.27. The maximum Gasteiger partial charge on any atom is 0.226 e. The number of fused-ring (bicyclic) bond motifs is 3. The number of aryl methyl sites for hydroxylation is 1. The number of carbonyl (C=O) groups is 1. The number of morpholine rings is 1. The Kier molecular flexibility index (Phi) is 6.16. The van der Waals surface area contributed by atoms with Crippen LogP contribution in [-0.4, -0.2) is 70.3 Å². The summed E-state index contributed by atoms with van der Waals surface area (Å²) in [5.74, 6) is 0.454. The van der Waals surface area contributed by atoms with Crippen LogP contribution < -0.4 is 0 Å². The van der Waals surface area contributed by atoms with Crippen molar-refractivity contribution in [1.29, 1.82) is 4.78 Å². The van der Waals surface area contributed by atoms with Crippen LogP contribution in [0.15, 0.2) is 63.0 Å². The van der Waals surface area contributed by atoms with E-state index in [1.807, 2.05) is 51.1 Å². The lowest BCUT2D eigenvalue weighted by Crippen LogP contribution is -2.40. The summed E-state index contributed by atoms with van der Waals surface area (Å²) < 4.78 is 29.4. The fourth-order valence-electron chi connectivity index (χ4n) is 4.72. The summed E-state index contributed by atoms with van der Waals surface area (Å²) in [7, 11) is -3.23. The van der Waals surface area contributed by atoms with Crippen molar-refractivity contribution in [3.05, 3.63) is 70.4 Å². The summed E-state index contributed by atoms with van der Waals surface area (Å²) in [4.78, 5) is 26.0. The highest BCUT2D eigenvalue weighted by Crippen LogP contribution is 2.38. The maximum atomic E-state index is 13.8. The van der Waals surface area contributed by atoms with E-state index < -0.39 is 9.92 Å². The fraction of sp³-hybridized carbons (Fsp3) is 0.346. The molecule has 1 N–H and O–H groups in total. The third-order valence-corrected chi connectivity index (χ3v) is 8.70. The Hall–Kier alpha value is -3.14. The van der Waals surface area contributed by atoms with E-state index in [1.54, 1.807) is 16.4 Å². The van der Waals surface area contributed by atoms with Gasteiger partial charge in [-0.15, -0.1) is 0 Å². The second-order valence-electron chi connectivity index (χ2n) is 8.69. The molecule has 1 unspecified atom stereocenters. The molecule has 0 bridgehead atoms. The van der Waals surface area contributed by atoms with Gasteiger partial charge >= 0.3 is 0 Å². The molecule has 1 aliphatic carbocycles. The Morgan fingerprint density at radius 3 is 2.40 bits per heavy atom. The minimum Gasteiger partial charge on any atom is -0.379 e. The SMILES string of the molecule is CCN(CC)C1=NC2=C(c3cc(S(=N)(=O)N4CCOCC4)ccc3C)C(=O)c3ccccc3C2=N1. The van der Waals surface area contributed by atoms with Gasteiger partial charge in [-0.05, 0) is 44.0 Å². The zero-order chi connectivity index (χ0) is 24.7. The van der Waals surface area contributed by atoms with E-state index in [0.717, 1.165) is 24.2 Å². The number of nitrogens with zero attached hydrogens (tertiary/aromatic N) is 4. The molecule has 2 aromatic carbocycles. The average Bonchev–Trinajstić information content (AvgIpc) is 3.31. The van der Waals surface area contributed by atoms with Crippen molar-refractivity contribution < 1.29 is 13.7 Å². The van der Waals surface area contributed by atoms with Gasteiger partial charge in [0.05, 0.1) is 23.7 Å². The predicted molar refractivity (Wildman–Crippen MR) is 137 cm³/mol. The average molecular weight is 492 g/mol. The van der Waals surface area contributed by atoms with Crippen molar-refractivity contribution in [2.45, 2.75) is 25.7 Å². The van der Waals surface area contributed by atoms with Crippen LogP contribution in [0.1, 0.15) is 40.9 Å². The van der Waals surface area contributed by atoms with Gasteiger partial charge in [0.2, 0.25) is 5.96 Å². The van der Waals surface area contributed by atoms with Gasteiger partial charge in [-0.25, -0.2) is 23.3 Å². The maximum absolute atomic E-state index is 13.8. The van der Waals surface area contributed by atoms with Gasteiger partial charge in [-0.3, -0.25) is 4.79 Å². The second kappa shape index (κ2) is 9.14. The van der Waals surface area contributed by atoms with E-state index in [9.17, 15) is 9.00 Å². The monoisotopic (exact) mass is 491 g/mol. The first-order valence-electron chi connectivity index (χ1n) is 11.9. The third-order valence-electron chi connectivity index (χ3n) is 6.72. The number of hydrogen-bond acceptors (Lipinski definition) is 7. The van der Waals surface area contributed by atoms with Crippen molar-refractivity contribution >= 4 is 32.9 Å². The molecule has 0 radical (unpaired) electrons. The minimum atomic E-state index is -3.23. The van der Waals surface area contributed by atoms with Gasteiger partial charge in [0.25, 0.3) is 0 Å². The molecular formula is C26H29N5O3S. The number of guanidine groups is 1. The zero-order valence-electron chi connectivity index (χ0n) is 20.2. The number of allylic oxidation sites excluding steroid dienone is 2. The number of benzene rings is 2. The summed E-state index contributed by atoms with van der Waals surface area (Å²) in [6.07, 6.45) is 0. The molecule has 1 saturated heterocycles. The molecule has 8 nitrogen and oxygen atoms in total. The lowest BCUT2D eigenvalue weighted by Gasteiger charge is -2.29. The van der Waals surface area contributed by atoms with E-state index in [1.165, 1.54) is 0 Å². The Balaban J connectivity index is 1.70. The van der Waals surface area contributed by atoms with Crippen LogP contribution in [0.5, 0.6) is 0 Å². The first-order valence-corrected chi connectivity index (χ1v) is 13.4. The van der Waals surface area contributed by atoms with E-state index in [-0.39, 0.29) is 5.78 Å². The number of carbonyl (C=O) groups excluding carboxylic acids is 1. The van der Waals surface area contributed by atoms with Crippen LogP contribution in [0.25, 0.3) is 5.57 Å². The normalized spacial score (nSPS) is 19.6. The summed E-state index contributed by atoms with van der Waals surface area (Å²) in [6, 6.07) is 12.8. The number of Topliss-reactive ketones (excluding diaryl/α,β-unsaturated/α-hetero) is 1. The molecule has 0 amide bonds. The molecule has 2 aromatic rings. The molecule has 182 valence electrons. The van der Waals surface area contributed by atoms with Crippen LogP contribution in [-0.2, 0) is 14.7 Å². The highest BCUT2D eigenvalue weighted by molar-refractivity contribution is 7.90. The molecule has 2 heterocycles. The molecule has 9 heteroatoms. The van der Waals surface area contributed by atoms with Crippen molar-refractivity contribution in [2.24, 2.45) is 9.98 Å². The van der Waals surface area contributed by atoms with Gasteiger partial charge in [-0.1, -0.05) is 30.3 Å². The van der Waals surface area contributed by atoms with Gasteiger partial charge in [-0.2, -0.15) is 0 Å². The Morgan fingerprint density at radius 1 is 1.03 bits per heavy atom. The first-order chi connectivity index (χ1) is 16.9. The lowest BCUT2D eigenvalue weighted by molar-refractivity contribution is 0.0743. The molecular weight excluding hydrogens is 462 g/mol. The Labute approximate surface area is 206 Å². The summed E-state index contributed by atoms with van der Waals surface area (Å²) >= 11 is 0. The van der Waals surface area contributed by atoms with Crippen LogP contribution in [0.3, 0.4) is 0 Å². The molecule has 0 aromatic heterocycles. The van der Waals surface area contributed by atoms with Crippen LogP contribution in [0.4, 0.5) is 0 Å². The van der Waals surface area contributed by atoms with Crippen LogP contribution >= 0.6 is 0 Å². The topological polar surface area (TPSA) is 98.4 Å². The minimum absolute atomic E-state index is 0.137.